The van der Waals surface area contributed by atoms with Gasteiger partial charge in [-0.05, 0) is 93.3 Å². The van der Waals surface area contributed by atoms with Gasteiger partial charge in [0.25, 0.3) is 0 Å². The van der Waals surface area contributed by atoms with Gasteiger partial charge in [0.1, 0.15) is 0 Å². The first-order valence-corrected chi connectivity index (χ1v) is 12.3. The lowest BCUT2D eigenvalue weighted by Crippen LogP contribution is -2.53. The lowest BCUT2D eigenvalue weighted by molar-refractivity contribution is -0.212. The summed E-state index contributed by atoms with van der Waals surface area (Å²) in [5.41, 5.74) is 0.319. The summed E-state index contributed by atoms with van der Waals surface area (Å²) >= 11 is 0. The van der Waals surface area contributed by atoms with Crippen LogP contribution >= 0.6 is 0 Å². The number of hydrogen-bond donors (Lipinski definition) is 2. The summed E-state index contributed by atoms with van der Waals surface area (Å²) in [6.07, 6.45) is 9.11. The molecule has 166 valence electrons. The molecular formula is C25H42O4. The van der Waals surface area contributed by atoms with Gasteiger partial charge in [-0.2, -0.15) is 0 Å². The molecule has 1 heterocycles. The summed E-state index contributed by atoms with van der Waals surface area (Å²) < 4.78 is 12.3. The van der Waals surface area contributed by atoms with Crippen molar-refractivity contribution in [1.82, 2.24) is 0 Å². The van der Waals surface area contributed by atoms with E-state index in [1.165, 1.54) is 25.7 Å². The van der Waals surface area contributed by atoms with Gasteiger partial charge in [0.15, 0.2) is 5.79 Å². The molecule has 4 aliphatic carbocycles. The predicted octanol–water partition coefficient (Wildman–Crippen LogP) is 4.52. The van der Waals surface area contributed by atoms with Gasteiger partial charge in [-0.15, -0.1) is 0 Å². The average molecular weight is 407 g/mol. The van der Waals surface area contributed by atoms with Crippen molar-refractivity contribution in [1.29, 1.82) is 0 Å². The van der Waals surface area contributed by atoms with Crippen LogP contribution in [0.5, 0.6) is 0 Å². The molecule has 5 aliphatic rings. The van der Waals surface area contributed by atoms with Gasteiger partial charge in [0.05, 0.1) is 25.4 Å². The molecule has 4 nitrogen and oxygen atoms in total. The summed E-state index contributed by atoms with van der Waals surface area (Å²) in [6.45, 7) is 10.7. The monoisotopic (exact) mass is 406 g/mol. The number of ether oxygens (including phenoxy) is 2. The third kappa shape index (κ3) is 2.58. The molecule has 0 spiro atoms. The molecule has 2 N–H and O–H groups in total. The van der Waals surface area contributed by atoms with E-state index in [2.05, 4.69) is 27.7 Å². The van der Waals surface area contributed by atoms with Crippen LogP contribution in [0.3, 0.4) is 0 Å². The van der Waals surface area contributed by atoms with Gasteiger partial charge in [0.2, 0.25) is 0 Å². The highest BCUT2D eigenvalue weighted by Crippen LogP contribution is 2.75. The number of aliphatic hydroxyl groups is 2. The first-order chi connectivity index (χ1) is 13.7. The molecule has 4 heteroatoms. The van der Waals surface area contributed by atoms with Crippen LogP contribution in [-0.4, -0.2) is 41.4 Å². The SMILES string of the molecule is CC[C@@H](O)[C@@]12C[C@@H](O)CC[C@]1(C)[C@H]1CC[C@]3(C)[C@@H](C4(C)OCCO4)CC[C@H]3[C@@H]1C2. The predicted molar refractivity (Wildman–Crippen MR) is 112 cm³/mol. The van der Waals surface area contributed by atoms with Crippen LogP contribution in [-0.2, 0) is 9.47 Å². The zero-order valence-corrected chi connectivity index (χ0v) is 19.0. The van der Waals surface area contributed by atoms with Gasteiger partial charge in [-0.25, -0.2) is 0 Å². The summed E-state index contributed by atoms with van der Waals surface area (Å²) in [5, 5.41) is 21.9. The summed E-state index contributed by atoms with van der Waals surface area (Å²) in [7, 11) is 0. The summed E-state index contributed by atoms with van der Waals surface area (Å²) in [4.78, 5) is 0. The molecule has 0 amide bonds. The maximum Gasteiger partial charge on any atom is 0.169 e. The second-order valence-corrected chi connectivity index (χ2v) is 11.9. The van der Waals surface area contributed by atoms with Crippen LogP contribution < -0.4 is 0 Å². The Hall–Kier alpha value is -0.160. The number of aliphatic hydroxyl groups excluding tert-OH is 2. The first kappa shape index (κ1) is 20.7. The zero-order valence-electron chi connectivity index (χ0n) is 19.0. The van der Waals surface area contributed by atoms with E-state index in [0.29, 0.717) is 23.7 Å². The number of hydrogen-bond acceptors (Lipinski definition) is 4. The molecule has 5 fully saturated rings. The average Bonchev–Trinajstić information content (AvgIpc) is 3.34. The second kappa shape index (κ2) is 6.67. The minimum atomic E-state index is -0.414. The largest absolute Gasteiger partial charge is 0.393 e. The molecular weight excluding hydrogens is 364 g/mol. The number of fused-ring (bicyclic) bond motifs is 5. The van der Waals surface area contributed by atoms with E-state index in [1.54, 1.807) is 0 Å². The Kier molecular flexibility index (Phi) is 4.77. The van der Waals surface area contributed by atoms with Gasteiger partial charge in [-0.1, -0.05) is 20.8 Å². The highest BCUT2D eigenvalue weighted by atomic mass is 16.7. The van der Waals surface area contributed by atoms with Crippen LogP contribution in [0.4, 0.5) is 0 Å². The fraction of sp³-hybridized carbons (Fsp3) is 1.00. The van der Waals surface area contributed by atoms with Crippen LogP contribution in [0.2, 0.25) is 0 Å². The molecule has 0 radical (unpaired) electrons. The number of rotatable bonds is 3. The minimum absolute atomic E-state index is 0.109. The Morgan fingerprint density at radius 2 is 1.66 bits per heavy atom. The normalized spacial score (nSPS) is 54.6. The molecule has 0 aromatic rings. The maximum atomic E-state index is 11.3. The van der Waals surface area contributed by atoms with Crippen molar-refractivity contribution in [2.24, 2.45) is 39.9 Å². The first-order valence-electron chi connectivity index (χ1n) is 12.3. The summed E-state index contributed by atoms with van der Waals surface area (Å²) in [6, 6.07) is 0. The molecule has 0 unspecified atom stereocenters. The molecule has 29 heavy (non-hydrogen) atoms. The van der Waals surface area contributed by atoms with Crippen LogP contribution in [0.25, 0.3) is 0 Å². The molecule has 1 aliphatic heterocycles. The highest BCUT2D eigenvalue weighted by molar-refractivity contribution is 5.18. The van der Waals surface area contributed by atoms with Crippen molar-refractivity contribution in [3.05, 3.63) is 0 Å². The fourth-order valence-electron chi connectivity index (χ4n) is 9.76. The Morgan fingerprint density at radius 3 is 2.34 bits per heavy atom. The lowest BCUT2D eigenvalue weighted by Gasteiger charge is -2.55. The van der Waals surface area contributed by atoms with Crippen molar-refractivity contribution in [2.75, 3.05) is 13.2 Å². The third-order valence-corrected chi connectivity index (χ3v) is 11.1. The van der Waals surface area contributed by atoms with Gasteiger partial charge < -0.3 is 19.7 Å². The molecule has 0 bridgehead atoms. The summed E-state index contributed by atoms with van der Waals surface area (Å²) in [5.74, 6) is 2.10. The van der Waals surface area contributed by atoms with E-state index in [-0.39, 0.29) is 28.5 Å². The minimum Gasteiger partial charge on any atom is -0.393 e. The standard InChI is InChI=1S/C25H42O4/c1-5-21(27)25-14-16(26)8-11-23(25,3)19-9-10-22(2)18(17(19)15-25)6-7-20(22)24(4)28-12-13-29-24/h16-21,26-27H,5-15H2,1-4H3/t16-,17-,18-,19-,20-,21+,22-,23+,25-/m0/s1. The Bertz CT molecular complexity index is 645. The van der Waals surface area contributed by atoms with E-state index in [0.717, 1.165) is 45.3 Å². The molecule has 1 saturated heterocycles. The quantitative estimate of drug-likeness (QED) is 0.723. The van der Waals surface area contributed by atoms with E-state index < -0.39 is 5.79 Å². The molecule has 5 rings (SSSR count). The van der Waals surface area contributed by atoms with Crippen LogP contribution in [0.1, 0.15) is 85.5 Å². The van der Waals surface area contributed by atoms with E-state index in [9.17, 15) is 10.2 Å². The van der Waals surface area contributed by atoms with Crippen molar-refractivity contribution in [3.8, 4) is 0 Å². The second-order valence-electron chi connectivity index (χ2n) is 11.9. The highest BCUT2D eigenvalue weighted by Gasteiger charge is 2.70. The Morgan fingerprint density at radius 1 is 0.931 bits per heavy atom. The smallest absolute Gasteiger partial charge is 0.169 e. The lowest BCUT2D eigenvalue weighted by atomic mass is 9.50. The Balaban J connectivity index is 1.50. The van der Waals surface area contributed by atoms with Gasteiger partial charge in [-0.3, -0.25) is 0 Å². The molecule has 0 aromatic heterocycles. The molecule has 0 aromatic carbocycles. The zero-order chi connectivity index (χ0) is 20.7. The molecule has 4 saturated carbocycles. The van der Waals surface area contributed by atoms with Crippen molar-refractivity contribution in [2.45, 2.75) is 103 Å². The van der Waals surface area contributed by atoms with Crippen molar-refractivity contribution in [3.63, 3.8) is 0 Å². The maximum absolute atomic E-state index is 11.3. The van der Waals surface area contributed by atoms with Gasteiger partial charge in [0, 0.05) is 11.3 Å². The van der Waals surface area contributed by atoms with Crippen molar-refractivity contribution < 1.29 is 19.7 Å². The van der Waals surface area contributed by atoms with Crippen molar-refractivity contribution >= 4 is 0 Å². The topological polar surface area (TPSA) is 58.9 Å². The van der Waals surface area contributed by atoms with E-state index in [4.69, 9.17) is 9.47 Å². The van der Waals surface area contributed by atoms with E-state index >= 15 is 0 Å². The third-order valence-electron chi connectivity index (χ3n) is 11.1. The fourth-order valence-corrected chi connectivity index (χ4v) is 9.76. The van der Waals surface area contributed by atoms with Crippen LogP contribution in [0.15, 0.2) is 0 Å². The Labute approximate surface area is 176 Å². The van der Waals surface area contributed by atoms with E-state index in [1.807, 2.05) is 0 Å². The van der Waals surface area contributed by atoms with Crippen LogP contribution in [0, 0.1) is 39.9 Å². The van der Waals surface area contributed by atoms with Gasteiger partial charge >= 0.3 is 0 Å². The molecule has 9 atom stereocenters.